The molecule has 160 valence electrons. The molecule has 3 heterocycles. The molecule has 1 N–H and O–H groups in total. The third-order valence-corrected chi connectivity index (χ3v) is 5.97. The maximum absolute atomic E-state index is 13.5. The lowest BCUT2D eigenvalue weighted by Crippen LogP contribution is -2.30. The van der Waals surface area contributed by atoms with E-state index < -0.39 is 23.5 Å². The molecule has 0 saturated carbocycles. The summed E-state index contributed by atoms with van der Waals surface area (Å²) in [6.07, 6.45) is 0. The molecule has 1 amide bonds. The summed E-state index contributed by atoms with van der Waals surface area (Å²) in [4.78, 5) is 28.0. The Bertz CT molecular complexity index is 1390. The summed E-state index contributed by atoms with van der Waals surface area (Å²) in [6.45, 7) is 3.61. The molecule has 7 heteroatoms. The fourth-order valence-electron chi connectivity index (χ4n) is 3.93. The molecule has 1 aliphatic rings. The number of nitrogens with zero attached hydrogens (tertiary/aromatic N) is 1. The Morgan fingerprint density at radius 3 is 2.50 bits per heavy atom. The third-order valence-electron chi connectivity index (χ3n) is 5.57. The van der Waals surface area contributed by atoms with Crippen molar-refractivity contribution in [1.82, 2.24) is 0 Å². The van der Waals surface area contributed by atoms with Gasteiger partial charge in [-0.2, -0.15) is 0 Å². The van der Waals surface area contributed by atoms with Gasteiger partial charge in [-0.1, -0.05) is 35.9 Å². The smallest absolute Gasteiger partial charge is 0.294 e. The van der Waals surface area contributed by atoms with Gasteiger partial charge in [0.25, 0.3) is 5.91 Å². The van der Waals surface area contributed by atoms with Gasteiger partial charge in [-0.3, -0.25) is 14.5 Å². The van der Waals surface area contributed by atoms with E-state index in [1.54, 1.807) is 55.5 Å². The summed E-state index contributed by atoms with van der Waals surface area (Å²) in [6, 6.07) is 16.3. The van der Waals surface area contributed by atoms with Gasteiger partial charge in [-0.15, -0.1) is 0 Å². The van der Waals surface area contributed by atoms with Crippen LogP contribution in [0.1, 0.15) is 33.7 Å². The number of aryl methyl sites for hydroxylation is 2. The molecule has 1 unspecified atom stereocenters. The van der Waals surface area contributed by atoms with Crippen LogP contribution in [0.25, 0.3) is 11.0 Å². The molecule has 5 rings (SSSR count). The fourth-order valence-corrected chi connectivity index (χ4v) is 4.11. The molecule has 4 aromatic rings. The number of amides is 1. The highest BCUT2D eigenvalue weighted by atomic mass is 35.5. The minimum Gasteiger partial charge on any atom is -0.503 e. The predicted octanol–water partition coefficient (Wildman–Crippen LogP) is 6.08. The number of anilines is 1. The molecule has 1 atom stereocenters. The van der Waals surface area contributed by atoms with Crippen LogP contribution in [0.2, 0.25) is 5.02 Å². The molecule has 2 aromatic carbocycles. The van der Waals surface area contributed by atoms with Crippen LogP contribution in [0.3, 0.4) is 0 Å². The second kappa shape index (κ2) is 7.43. The topological polar surface area (TPSA) is 83.9 Å². The minimum atomic E-state index is -0.976. The van der Waals surface area contributed by atoms with E-state index in [9.17, 15) is 14.7 Å². The number of aliphatic hydroxyl groups is 1. The number of para-hydroxylation sites is 1. The number of Topliss-reactive ketones (excluding diaryl/α,β-unsaturated/α-hetero) is 1. The summed E-state index contributed by atoms with van der Waals surface area (Å²) in [7, 11) is 0. The Balaban J connectivity index is 1.66. The number of furan rings is 2. The normalized spacial score (nSPS) is 16.4. The van der Waals surface area contributed by atoms with E-state index in [-0.39, 0.29) is 11.3 Å². The van der Waals surface area contributed by atoms with Gasteiger partial charge >= 0.3 is 0 Å². The van der Waals surface area contributed by atoms with Crippen LogP contribution in [-0.2, 0) is 4.79 Å². The van der Waals surface area contributed by atoms with Crippen molar-refractivity contribution in [3.63, 3.8) is 0 Å². The van der Waals surface area contributed by atoms with Crippen LogP contribution in [0, 0.1) is 13.8 Å². The molecule has 0 fully saturated rings. The van der Waals surface area contributed by atoms with E-state index in [0.29, 0.717) is 27.8 Å². The minimum absolute atomic E-state index is 0.0256. The van der Waals surface area contributed by atoms with Gasteiger partial charge in [0, 0.05) is 16.1 Å². The van der Waals surface area contributed by atoms with Gasteiger partial charge < -0.3 is 13.9 Å². The first kappa shape index (κ1) is 20.2. The Labute approximate surface area is 188 Å². The predicted molar refractivity (Wildman–Crippen MR) is 120 cm³/mol. The summed E-state index contributed by atoms with van der Waals surface area (Å²) in [5.74, 6) is -0.980. The number of fused-ring (bicyclic) bond motifs is 1. The fraction of sp³-hybridized carbons (Fsp3) is 0.120. The highest BCUT2D eigenvalue weighted by Crippen LogP contribution is 2.43. The SMILES string of the molecule is Cc1ccc(C2C(C(=O)c3cc4ccccc4o3)=C(O)C(=O)N2c2ccc(C)c(Cl)c2)o1. The first-order chi connectivity index (χ1) is 15.3. The number of hydrogen-bond acceptors (Lipinski definition) is 5. The first-order valence-corrected chi connectivity index (χ1v) is 10.4. The molecule has 0 spiro atoms. The first-order valence-electron chi connectivity index (χ1n) is 9.97. The van der Waals surface area contributed by atoms with Crippen LogP contribution in [-0.4, -0.2) is 16.8 Å². The molecule has 0 aliphatic carbocycles. The van der Waals surface area contributed by atoms with Crippen LogP contribution in [0.4, 0.5) is 5.69 Å². The molecule has 6 nitrogen and oxygen atoms in total. The van der Waals surface area contributed by atoms with Crippen LogP contribution in [0.15, 0.2) is 80.8 Å². The molecular weight excluding hydrogens is 430 g/mol. The molecule has 32 heavy (non-hydrogen) atoms. The van der Waals surface area contributed by atoms with Crippen molar-refractivity contribution in [2.75, 3.05) is 4.90 Å². The summed E-state index contributed by atoms with van der Waals surface area (Å²) < 4.78 is 11.5. The van der Waals surface area contributed by atoms with Gasteiger partial charge in [0.2, 0.25) is 5.78 Å². The number of rotatable bonds is 4. The molecule has 1 aliphatic heterocycles. The Hall–Kier alpha value is -3.77. The van der Waals surface area contributed by atoms with Crippen LogP contribution in [0.5, 0.6) is 0 Å². The lowest BCUT2D eigenvalue weighted by molar-refractivity contribution is -0.117. The van der Waals surface area contributed by atoms with E-state index in [1.807, 2.05) is 19.1 Å². The van der Waals surface area contributed by atoms with Crippen molar-refractivity contribution in [1.29, 1.82) is 0 Å². The van der Waals surface area contributed by atoms with Gasteiger partial charge in [-0.25, -0.2) is 0 Å². The Kier molecular flexibility index (Phi) is 4.68. The lowest BCUT2D eigenvalue weighted by atomic mass is 9.99. The standard InChI is InChI=1S/C25H18ClNO5/c1-13-7-9-16(12-17(13)26)27-22(19-10-8-14(2)31-19)21(24(29)25(27)30)23(28)20-11-15-5-3-4-6-18(15)32-20/h3-12,22,29H,1-2H3. The van der Waals surface area contributed by atoms with Gasteiger partial charge in [0.1, 0.15) is 23.1 Å². The summed E-state index contributed by atoms with van der Waals surface area (Å²) in [5.41, 5.74) is 1.69. The number of carbonyl (C=O) groups excluding carboxylic acids is 2. The Morgan fingerprint density at radius 1 is 1.03 bits per heavy atom. The zero-order valence-electron chi connectivity index (χ0n) is 17.3. The van der Waals surface area contributed by atoms with Crippen molar-refractivity contribution < 1.29 is 23.5 Å². The summed E-state index contributed by atoms with van der Waals surface area (Å²) in [5, 5.41) is 12.0. The largest absolute Gasteiger partial charge is 0.503 e. The third kappa shape index (κ3) is 3.11. The van der Waals surface area contributed by atoms with E-state index >= 15 is 0 Å². The number of halogens is 1. The summed E-state index contributed by atoms with van der Waals surface area (Å²) >= 11 is 6.29. The van der Waals surface area contributed by atoms with Crippen molar-refractivity contribution >= 4 is 39.9 Å². The molecule has 0 bridgehead atoms. The second-order valence-corrected chi connectivity index (χ2v) is 8.11. The van der Waals surface area contributed by atoms with Crippen LogP contribution >= 0.6 is 11.6 Å². The van der Waals surface area contributed by atoms with Crippen molar-refractivity contribution in [3.05, 3.63) is 99.9 Å². The number of hydrogen-bond donors (Lipinski definition) is 1. The molecule has 0 radical (unpaired) electrons. The van der Waals surface area contributed by atoms with E-state index in [1.165, 1.54) is 4.90 Å². The molecule has 0 saturated heterocycles. The number of aliphatic hydroxyl groups excluding tert-OH is 1. The maximum Gasteiger partial charge on any atom is 0.294 e. The van der Waals surface area contributed by atoms with Crippen molar-refractivity contribution in [3.8, 4) is 0 Å². The van der Waals surface area contributed by atoms with Gasteiger partial charge in [-0.05, 0) is 55.8 Å². The number of carbonyl (C=O) groups is 2. The number of ketones is 1. The monoisotopic (exact) mass is 447 g/mol. The maximum atomic E-state index is 13.5. The number of benzene rings is 2. The highest BCUT2D eigenvalue weighted by Gasteiger charge is 2.47. The van der Waals surface area contributed by atoms with E-state index in [2.05, 4.69) is 0 Å². The van der Waals surface area contributed by atoms with Crippen molar-refractivity contribution in [2.24, 2.45) is 0 Å². The second-order valence-electron chi connectivity index (χ2n) is 7.70. The van der Waals surface area contributed by atoms with Gasteiger partial charge in [0.05, 0.1) is 5.57 Å². The van der Waals surface area contributed by atoms with Crippen molar-refractivity contribution in [2.45, 2.75) is 19.9 Å². The van der Waals surface area contributed by atoms with E-state index in [4.69, 9.17) is 20.4 Å². The quantitative estimate of drug-likeness (QED) is 0.383. The average molecular weight is 448 g/mol. The van der Waals surface area contributed by atoms with Crippen LogP contribution < -0.4 is 4.90 Å². The average Bonchev–Trinajstić information content (AvgIpc) is 3.46. The molecule has 2 aromatic heterocycles. The van der Waals surface area contributed by atoms with E-state index in [0.717, 1.165) is 10.9 Å². The van der Waals surface area contributed by atoms with Gasteiger partial charge in [0.15, 0.2) is 11.5 Å². The molecular formula is C25H18ClNO5. The lowest BCUT2D eigenvalue weighted by Gasteiger charge is -2.25. The zero-order valence-corrected chi connectivity index (χ0v) is 18.0. The highest BCUT2D eigenvalue weighted by molar-refractivity contribution is 6.31. The Morgan fingerprint density at radius 2 is 1.81 bits per heavy atom. The zero-order chi connectivity index (χ0) is 22.6.